The summed E-state index contributed by atoms with van der Waals surface area (Å²) in [5, 5.41) is 15.6. The number of carboxylic acid groups (broad SMARTS) is 1. The highest BCUT2D eigenvalue weighted by molar-refractivity contribution is 5.94. The molecule has 2 aromatic carbocycles. The number of pyridine rings is 1. The summed E-state index contributed by atoms with van der Waals surface area (Å²) in [7, 11) is 0. The second-order valence-corrected chi connectivity index (χ2v) is 8.87. The summed E-state index contributed by atoms with van der Waals surface area (Å²) >= 11 is 0. The van der Waals surface area contributed by atoms with Gasteiger partial charge in [-0.25, -0.2) is 0 Å². The zero-order valence-corrected chi connectivity index (χ0v) is 21.1. The van der Waals surface area contributed by atoms with Crippen LogP contribution in [0.15, 0.2) is 85.3 Å². The van der Waals surface area contributed by atoms with Crippen molar-refractivity contribution in [2.24, 2.45) is 0 Å². The Morgan fingerprint density at radius 3 is 2.53 bits per heavy atom. The molecule has 4 aromatic rings. The Bertz CT molecular complexity index is 1330. The Hall–Kier alpha value is -4.46. The second kappa shape index (κ2) is 13.7. The number of para-hydroxylation sites is 1. The van der Waals surface area contributed by atoms with E-state index in [1.54, 1.807) is 30.7 Å². The maximum Gasteiger partial charge on any atom is 0.303 e. The van der Waals surface area contributed by atoms with Crippen molar-refractivity contribution in [2.75, 3.05) is 13.1 Å². The number of aryl methyl sites for hydroxylation is 1. The minimum Gasteiger partial charge on any atom is -0.493 e. The lowest BCUT2D eigenvalue weighted by molar-refractivity contribution is -0.137. The summed E-state index contributed by atoms with van der Waals surface area (Å²) in [6, 6.07) is 20.3. The average Bonchev–Trinajstić information content (AvgIpc) is 3.49. The van der Waals surface area contributed by atoms with E-state index >= 15 is 0 Å². The highest BCUT2D eigenvalue weighted by Crippen LogP contribution is 2.23. The first-order valence-corrected chi connectivity index (χ1v) is 12.7. The number of ether oxygens (including phenoxy) is 1. The second-order valence-electron chi connectivity index (χ2n) is 8.87. The molecule has 4 rings (SSSR count). The van der Waals surface area contributed by atoms with Gasteiger partial charge in [0.2, 0.25) is 0 Å². The number of benzene rings is 2. The first-order chi connectivity index (χ1) is 19.0. The van der Waals surface area contributed by atoms with Crippen LogP contribution in [0, 0.1) is 0 Å². The average molecular weight is 514 g/mol. The molecule has 0 saturated carbocycles. The van der Waals surface area contributed by atoms with Crippen LogP contribution in [0.25, 0.3) is 11.1 Å². The molecule has 0 spiro atoms. The molecular formula is C30H32N4O4. The van der Waals surface area contributed by atoms with Gasteiger partial charge in [-0.3, -0.25) is 19.7 Å². The first-order valence-electron chi connectivity index (χ1n) is 13.2. The molecule has 1 unspecified atom stereocenters. The molecule has 8 heteroatoms. The van der Waals surface area contributed by atoms with Crippen LogP contribution in [0.1, 0.15) is 48.7 Å². The molecule has 38 heavy (non-hydrogen) atoms. The van der Waals surface area contributed by atoms with Crippen molar-refractivity contribution in [3.63, 3.8) is 0 Å². The van der Waals surface area contributed by atoms with Gasteiger partial charge in [0.15, 0.2) is 0 Å². The molecule has 2 aromatic heterocycles. The summed E-state index contributed by atoms with van der Waals surface area (Å²) in [5.41, 5.74) is 3.87. The van der Waals surface area contributed by atoms with Gasteiger partial charge in [0.05, 0.1) is 12.8 Å². The van der Waals surface area contributed by atoms with E-state index in [1.807, 2.05) is 54.6 Å². The fourth-order valence-electron chi connectivity index (χ4n) is 4.02. The summed E-state index contributed by atoms with van der Waals surface area (Å²) in [6.07, 6.45) is 7.72. The normalized spacial score (nSPS) is 11.9. The summed E-state index contributed by atoms with van der Waals surface area (Å²) < 4.78 is 15.0. The number of rotatable bonds is 14. The fourth-order valence-corrected chi connectivity index (χ4v) is 4.02. The van der Waals surface area contributed by atoms with E-state index in [-0.39, 0.29) is 25.3 Å². The Balaban J connectivity index is 1.51. The lowest BCUT2D eigenvalue weighted by atomic mass is 10.1. The van der Waals surface area contributed by atoms with Crippen LogP contribution in [0.3, 0.4) is 0 Å². The van der Waals surface area contributed by atoms with Gasteiger partial charge in [0, 0.05) is 62.1 Å². The van der Waals surface area contributed by atoms with Gasteiger partial charge in [-0.05, 0) is 55.2 Å². The number of hydrogen-bond acceptors (Lipinski definition) is 5. The predicted molar refractivity (Wildman–Crippen MR) is 145 cm³/mol. The highest BCUT2D eigenvalue weighted by atomic mass is 16.5. The minimum absolute atomic E-state index is 0.151. The van der Waals surface area contributed by atoms with Gasteiger partial charge in [-0.1, -0.05) is 36.4 Å². The predicted octanol–water partition coefficient (Wildman–Crippen LogP) is 5.38. The Kier molecular flexibility index (Phi) is 9.11. The van der Waals surface area contributed by atoms with Gasteiger partial charge < -0.3 is 14.7 Å². The van der Waals surface area contributed by atoms with Crippen molar-refractivity contribution < 1.29 is 20.8 Å². The monoisotopic (exact) mass is 513 g/mol. The van der Waals surface area contributed by atoms with E-state index in [9.17, 15) is 9.59 Å². The third kappa shape index (κ3) is 7.77. The maximum atomic E-state index is 13.8. The number of carboxylic acids is 1. The van der Waals surface area contributed by atoms with Crippen molar-refractivity contribution in [3.05, 3.63) is 102 Å². The number of unbranched alkanes of at least 4 members (excludes halogenated alkanes) is 2. The zero-order chi connectivity index (χ0) is 27.5. The van der Waals surface area contributed by atoms with E-state index in [2.05, 4.69) is 15.2 Å². The Labute approximate surface area is 223 Å². The lowest BCUT2D eigenvalue weighted by Gasteiger charge is -2.24. The van der Waals surface area contributed by atoms with Crippen LogP contribution >= 0.6 is 0 Å². The van der Waals surface area contributed by atoms with E-state index in [1.165, 1.54) is 4.90 Å². The molecule has 8 nitrogen and oxygen atoms in total. The van der Waals surface area contributed by atoms with Crippen molar-refractivity contribution >= 4 is 11.9 Å². The molecule has 1 amide bonds. The number of aromatic amines is 1. The largest absolute Gasteiger partial charge is 0.493 e. The summed E-state index contributed by atoms with van der Waals surface area (Å²) in [5.74, 6) is -0.403. The van der Waals surface area contributed by atoms with E-state index in [0.717, 1.165) is 35.2 Å². The molecule has 0 radical (unpaired) electrons. The zero-order valence-electron chi connectivity index (χ0n) is 22.1. The van der Waals surface area contributed by atoms with Crippen LogP contribution in [-0.4, -0.2) is 50.2 Å². The molecule has 0 aliphatic carbocycles. The standard InChI is InChI=1S/C30H32N4O4/c35-29(36)11-2-1-7-19-38-28-10-4-3-8-25(28)22-34(18-16-27-9-5-6-17-31-27)30(37)24-14-12-23(13-15-24)26-20-32-33-21-26/h3-6,8-10,12-15,17,20-21H,1-2,7,11,16,18-19,22H2,(H,32,33)(H,35,36)/i18D. The number of H-pyrrole nitrogens is 1. The number of amides is 1. The van der Waals surface area contributed by atoms with Crippen molar-refractivity contribution in [3.8, 4) is 16.9 Å². The molecule has 0 fully saturated rings. The van der Waals surface area contributed by atoms with Crippen molar-refractivity contribution in [1.29, 1.82) is 0 Å². The lowest BCUT2D eigenvalue weighted by Crippen LogP contribution is -2.32. The fraction of sp³-hybridized carbons (Fsp3) is 0.267. The molecule has 0 bridgehead atoms. The van der Waals surface area contributed by atoms with Crippen LogP contribution in [0.5, 0.6) is 5.75 Å². The SMILES string of the molecule is [2H]C(Cc1ccccn1)N(Cc1ccccc1OCCCCCC(=O)O)C(=O)c1ccc(-c2cn[nH]c2)cc1. The molecular weight excluding hydrogens is 480 g/mol. The Morgan fingerprint density at radius 2 is 1.79 bits per heavy atom. The molecule has 2 heterocycles. The van der Waals surface area contributed by atoms with E-state index in [4.69, 9.17) is 11.2 Å². The number of carbonyl (C=O) groups excluding carboxylic acids is 1. The topological polar surface area (TPSA) is 108 Å². The van der Waals surface area contributed by atoms with E-state index in [0.29, 0.717) is 24.3 Å². The number of hydrogen-bond donors (Lipinski definition) is 2. The van der Waals surface area contributed by atoms with E-state index < -0.39 is 12.5 Å². The third-order valence-electron chi connectivity index (χ3n) is 6.08. The summed E-state index contributed by atoms with van der Waals surface area (Å²) in [6.45, 7) is -0.235. The minimum atomic E-state index is -0.870. The molecule has 0 aliphatic rings. The molecule has 1 atom stereocenters. The van der Waals surface area contributed by atoms with Crippen LogP contribution in [-0.2, 0) is 17.8 Å². The van der Waals surface area contributed by atoms with Gasteiger partial charge >= 0.3 is 5.97 Å². The summed E-state index contributed by atoms with van der Waals surface area (Å²) in [4.78, 5) is 30.4. The Morgan fingerprint density at radius 1 is 0.974 bits per heavy atom. The number of carbonyl (C=O) groups is 2. The van der Waals surface area contributed by atoms with Gasteiger partial charge in [-0.2, -0.15) is 5.10 Å². The van der Waals surface area contributed by atoms with Crippen molar-refractivity contribution in [2.45, 2.75) is 38.6 Å². The number of nitrogens with one attached hydrogen (secondary N) is 1. The van der Waals surface area contributed by atoms with Crippen LogP contribution in [0.2, 0.25) is 0 Å². The molecule has 2 N–H and O–H groups in total. The van der Waals surface area contributed by atoms with Gasteiger partial charge in [0.25, 0.3) is 5.91 Å². The van der Waals surface area contributed by atoms with Crippen LogP contribution in [0.4, 0.5) is 0 Å². The third-order valence-corrected chi connectivity index (χ3v) is 6.08. The van der Waals surface area contributed by atoms with Gasteiger partial charge in [-0.15, -0.1) is 0 Å². The first kappa shape index (κ1) is 25.2. The number of aliphatic carboxylic acids is 1. The quantitative estimate of drug-likeness (QED) is 0.219. The smallest absolute Gasteiger partial charge is 0.303 e. The van der Waals surface area contributed by atoms with Gasteiger partial charge in [0.1, 0.15) is 5.75 Å². The number of aromatic nitrogens is 3. The molecule has 196 valence electrons. The van der Waals surface area contributed by atoms with Crippen LogP contribution < -0.4 is 4.74 Å². The highest BCUT2D eigenvalue weighted by Gasteiger charge is 2.19. The molecule has 0 aliphatic heterocycles. The van der Waals surface area contributed by atoms with Crippen molar-refractivity contribution in [1.82, 2.24) is 20.1 Å². The maximum absolute atomic E-state index is 13.8. The molecule has 0 saturated heterocycles. The number of nitrogens with zero attached hydrogens (tertiary/aromatic N) is 3.